The number of sulfonamides is 1. The van der Waals surface area contributed by atoms with E-state index in [0.717, 1.165) is 10.8 Å². The molecule has 118 valence electrons. The van der Waals surface area contributed by atoms with Crippen LogP contribution in [0.15, 0.2) is 29.2 Å². The third-order valence-electron chi connectivity index (χ3n) is 4.13. The number of hydrogen-bond donors (Lipinski definition) is 2. The molecule has 1 aliphatic carbocycles. The molecule has 0 spiro atoms. The van der Waals surface area contributed by atoms with Gasteiger partial charge in [0.15, 0.2) is 0 Å². The van der Waals surface area contributed by atoms with E-state index < -0.39 is 10.0 Å². The van der Waals surface area contributed by atoms with Crippen molar-refractivity contribution >= 4 is 21.8 Å². The average Bonchev–Trinajstić information content (AvgIpc) is 2.46. The Bertz CT molecular complexity index is 575. The van der Waals surface area contributed by atoms with Crippen LogP contribution in [0.4, 0.5) is 0 Å². The molecule has 0 radical (unpaired) electrons. The van der Waals surface area contributed by atoms with Crippen molar-refractivity contribution in [3.05, 3.63) is 29.8 Å². The van der Waals surface area contributed by atoms with Crippen LogP contribution in [0.3, 0.4) is 0 Å². The van der Waals surface area contributed by atoms with Gasteiger partial charge in [-0.3, -0.25) is 0 Å². The van der Waals surface area contributed by atoms with Gasteiger partial charge in [0.1, 0.15) is 0 Å². The van der Waals surface area contributed by atoms with E-state index in [4.69, 9.17) is 5.14 Å². The Kier molecular flexibility index (Phi) is 5.71. The molecule has 1 saturated carbocycles. The zero-order valence-electron chi connectivity index (χ0n) is 12.6. The van der Waals surface area contributed by atoms with Gasteiger partial charge in [-0.1, -0.05) is 18.6 Å². The van der Waals surface area contributed by atoms with Gasteiger partial charge in [0.2, 0.25) is 10.0 Å². The summed E-state index contributed by atoms with van der Waals surface area (Å²) in [4.78, 5) is 0.180. The van der Waals surface area contributed by atoms with Crippen LogP contribution in [0, 0.1) is 0 Å². The Balaban J connectivity index is 2.05. The predicted molar refractivity (Wildman–Crippen MR) is 88.9 cm³/mol. The second-order valence-electron chi connectivity index (χ2n) is 5.73. The Hall–Kier alpha value is -0.560. The van der Waals surface area contributed by atoms with Crippen LogP contribution in [-0.4, -0.2) is 26.0 Å². The van der Waals surface area contributed by atoms with Gasteiger partial charge >= 0.3 is 0 Å². The molecule has 0 saturated heterocycles. The summed E-state index contributed by atoms with van der Waals surface area (Å²) >= 11 is 1.94. The summed E-state index contributed by atoms with van der Waals surface area (Å²) in [5.41, 5.74) is 0.966. The minimum absolute atomic E-state index is 0.123. The Morgan fingerprint density at radius 2 is 2.14 bits per heavy atom. The number of nitrogens with one attached hydrogen (secondary N) is 1. The maximum atomic E-state index is 11.4. The SMILES string of the molecule is CSC1CCCC(NC(C)c2cccc(S(N)(=O)=O)c2)C1. The summed E-state index contributed by atoms with van der Waals surface area (Å²) in [5, 5.41) is 9.56. The van der Waals surface area contributed by atoms with Crippen molar-refractivity contribution in [2.75, 3.05) is 6.26 Å². The molecule has 3 N–H and O–H groups in total. The summed E-state index contributed by atoms with van der Waals surface area (Å²) in [6, 6.07) is 7.53. The van der Waals surface area contributed by atoms with Gasteiger partial charge in [-0.05, 0) is 50.1 Å². The van der Waals surface area contributed by atoms with Crippen LogP contribution in [0.25, 0.3) is 0 Å². The van der Waals surface area contributed by atoms with Crippen molar-refractivity contribution in [1.82, 2.24) is 5.32 Å². The highest BCUT2D eigenvalue weighted by Gasteiger charge is 2.23. The number of rotatable bonds is 5. The van der Waals surface area contributed by atoms with Crippen LogP contribution in [-0.2, 0) is 10.0 Å². The molecule has 2 rings (SSSR count). The third kappa shape index (κ3) is 4.71. The molecule has 0 aromatic heterocycles. The first-order valence-electron chi connectivity index (χ1n) is 7.31. The maximum absolute atomic E-state index is 11.4. The van der Waals surface area contributed by atoms with Crippen LogP contribution in [0.5, 0.6) is 0 Å². The molecular formula is C15H24N2O2S2. The first kappa shape index (κ1) is 16.8. The van der Waals surface area contributed by atoms with Crippen LogP contribution >= 0.6 is 11.8 Å². The van der Waals surface area contributed by atoms with Crippen molar-refractivity contribution in [2.45, 2.75) is 54.8 Å². The molecule has 21 heavy (non-hydrogen) atoms. The highest BCUT2D eigenvalue weighted by atomic mass is 32.2. The molecule has 1 aromatic carbocycles. The van der Waals surface area contributed by atoms with Crippen molar-refractivity contribution in [1.29, 1.82) is 0 Å². The number of thioether (sulfide) groups is 1. The molecular weight excluding hydrogens is 304 g/mol. The highest BCUT2D eigenvalue weighted by Crippen LogP contribution is 2.28. The van der Waals surface area contributed by atoms with Gasteiger partial charge in [-0.2, -0.15) is 11.8 Å². The monoisotopic (exact) mass is 328 g/mol. The Morgan fingerprint density at radius 1 is 1.38 bits per heavy atom. The van der Waals surface area contributed by atoms with Crippen LogP contribution < -0.4 is 10.5 Å². The van der Waals surface area contributed by atoms with Gasteiger partial charge in [0, 0.05) is 17.3 Å². The second-order valence-corrected chi connectivity index (χ2v) is 8.43. The van der Waals surface area contributed by atoms with E-state index in [9.17, 15) is 8.42 Å². The molecule has 1 aliphatic rings. The highest BCUT2D eigenvalue weighted by molar-refractivity contribution is 7.99. The Labute approximate surface area is 131 Å². The number of hydrogen-bond acceptors (Lipinski definition) is 4. The molecule has 0 heterocycles. The van der Waals surface area contributed by atoms with E-state index in [1.54, 1.807) is 12.1 Å². The molecule has 4 nitrogen and oxygen atoms in total. The Morgan fingerprint density at radius 3 is 2.81 bits per heavy atom. The van der Waals surface area contributed by atoms with Gasteiger partial charge in [-0.25, -0.2) is 13.6 Å². The molecule has 3 unspecified atom stereocenters. The smallest absolute Gasteiger partial charge is 0.238 e. The molecule has 6 heteroatoms. The molecule has 0 aliphatic heterocycles. The van der Waals surface area contributed by atoms with E-state index in [1.807, 2.05) is 17.8 Å². The summed E-state index contributed by atoms with van der Waals surface area (Å²) in [6.07, 6.45) is 7.10. The van der Waals surface area contributed by atoms with Crippen molar-refractivity contribution < 1.29 is 8.42 Å². The second kappa shape index (κ2) is 7.13. The zero-order valence-corrected chi connectivity index (χ0v) is 14.2. The maximum Gasteiger partial charge on any atom is 0.238 e. The van der Waals surface area contributed by atoms with Gasteiger partial charge in [0.25, 0.3) is 0 Å². The number of primary sulfonamides is 1. The number of benzene rings is 1. The fraction of sp³-hybridized carbons (Fsp3) is 0.600. The molecule has 1 aromatic rings. The molecule has 0 amide bonds. The molecule has 1 fully saturated rings. The summed E-state index contributed by atoms with van der Waals surface area (Å²) in [7, 11) is -3.64. The van der Waals surface area contributed by atoms with E-state index >= 15 is 0 Å². The first-order valence-corrected chi connectivity index (χ1v) is 10.1. The topological polar surface area (TPSA) is 72.2 Å². The minimum Gasteiger partial charge on any atom is -0.307 e. The first-order chi connectivity index (χ1) is 9.90. The fourth-order valence-corrected chi connectivity index (χ4v) is 4.32. The van der Waals surface area contributed by atoms with Crippen LogP contribution in [0.2, 0.25) is 0 Å². The normalized spacial score (nSPS) is 24.7. The van der Waals surface area contributed by atoms with Gasteiger partial charge < -0.3 is 5.32 Å². The summed E-state index contributed by atoms with van der Waals surface area (Å²) in [6.45, 7) is 2.07. The van der Waals surface area contributed by atoms with E-state index in [1.165, 1.54) is 31.7 Å². The number of nitrogens with two attached hydrogens (primary N) is 1. The lowest BCUT2D eigenvalue weighted by molar-refractivity contribution is 0.353. The van der Waals surface area contributed by atoms with E-state index in [-0.39, 0.29) is 10.9 Å². The average molecular weight is 329 g/mol. The molecule has 0 bridgehead atoms. The summed E-state index contributed by atoms with van der Waals surface area (Å²) in [5.74, 6) is 0. The standard InChI is InChI=1S/C15H24N2O2S2/c1-11(17-13-6-4-7-14(10-13)20-2)12-5-3-8-15(9-12)21(16,18)19/h3,5,8-9,11,13-14,17H,4,6-7,10H2,1-2H3,(H2,16,18,19). The van der Waals surface area contributed by atoms with Gasteiger partial charge in [-0.15, -0.1) is 0 Å². The van der Waals surface area contributed by atoms with Crippen molar-refractivity contribution in [3.8, 4) is 0 Å². The molecule has 3 atom stereocenters. The van der Waals surface area contributed by atoms with Crippen molar-refractivity contribution in [3.63, 3.8) is 0 Å². The lowest BCUT2D eigenvalue weighted by Crippen LogP contribution is -2.36. The van der Waals surface area contributed by atoms with Crippen molar-refractivity contribution in [2.24, 2.45) is 5.14 Å². The lowest BCUT2D eigenvalue weighted by atomic mass is 9.93. The third-order valence-corrected chi connectivity index (χ3v) is 6.14. The minimum atomic E-state index is -3.64. The van der Waals surface area contributed by atoms with E-state index in [0.29, 0.717) is 6.04 Å². The zero-order chi connectivity index (χ0) is 15.5. The lowest BCUT2D eigenvalue weighted by Gasteiger charge is -2.31. The predicted octanol–water partition coefficient (Wildman–Crippen LogP) is 2.66. The quantitative estimate of drug-likeness (QED) is 0.871. The fourth-order valence-electron chi connectivity index (χ4n) is 2.92. The van der Waals surface area contributed by atoms with Gasteiger partial charge in [0.05, 0.1) is 4.90 Å². The van der Waals surface area contributed by atoms with E-state index in [2.05, 4.69) is 18.5 Å². The van der Waals surface area contributed by atoms with Crippen LogP contribution in [0.1, 0.15) is 44.2 Å². The summed E-state index contributed by atoms with van der Waals surface area (Å²) < 4.78 is 22.9. The largest absolute Gasteiger partial charge is 0.307 e.